The minimum absolute atomic E-state index is 0.118. The zero-order valence-electron chi connectivity index (χ0n) is 19.5. The zero-order valence-corrected chi connectivity index (χ0v) is 19.5. The molecule has 8 nitrogen and oxygen atoms in total. The summed E-state index contributed by atoms with van der Waals surface area (Å²) in [7, 11) is 1.59. The molecule has 0 atom stereocenters. The van der Waals surface area contributed by atoms with Crippen molar-refractivity contribution in [2.24, 2.45) is 5.10 Å². The van der Waals surface area contributed by atoms with Gasteiger partial charge in [0.1, 0.15) is 11.3 Å². The number of para-hydroxylation sites is 2. The van der Waals surface area contributed by atoms with E-state index in [2.05, 4.69) is 5.10 Å². The van der Waals surface area contributed by atoms with E-state index in [1.807, 2.05) is 48.5 Å². The van der Waals surface area contributed by atoms with Gasteiger partial charge in [-0.05, 0) is 36.4 Å². The Labute approximate surface area is 204 Å². The Morgan fingerprint density at radius 2 is 1.78 bits per heavy atom. The van der Waals surface area contributed by atoms with Crippen LogP contribution in [-0.2, 0) is 0 Å². The molecule has 3 aromatic carbocycles. The fraction of sp³-hybridized carbons (Fsp3) is 0.0714. The molecule has 0 saturated heterocycles. The van der Waals surface area contributed by atoms with Gasteiger partial charge in [-0.1, -0.05) is 36.4 Å². The summed E-state index contributed by atoms with van der Waals surface area (Å²) in [5.41, 5.74) is 2.25. The molecule has 0 aliphatic carbocycles. The van der Waals surface area contributed by atoms with Crippen LogP contribution >= 0.6 is 0 Å². The summed E-state index contributed by atoms with van der Waals surface area (Å²) in [5.74, 6) is 1.16. The van der Waals surface area contributed by atoms with E-state index in [-0.39, 0.29) is 17.3 Å². The quantitative estimate of drug-likeness (QED) is 0.321. The number of hydrogen-bond acceptors (Lipinski definition) is 6. The van der Waals surface area contributed by atoms with Crippen LogP contribution in [0.15, 0.2) is 93.3 Å². The molecule has 6 aromatic rings. The van der Waals surface area contributed by atoms with E-state index >= 15 is 0 Å². The van der Waals surface area contributed by atoms with E-state index in [9.17, 15) is 9.59 Å². The Bertz CT molecular complexity index is 1890. The second-order valence-corrected chi connectivity index (χ2v) is 8.29. The van der Waals surface area contributed by atoms with Crippen molar-refractivity contribution in [1.82, 2.24) is 14.2 Å². The molecule has 3 heterocycles. The Hall–Kier alpha value is -4.98. The van der Waals surface area contributed by atoms with E-state index in [0.717, 1.165) is 16.3 Å². The van der Waals surface area contributed by atoms with Gasteiger partial charge in [-0.2, -0.15) is 9.78 Å². The van der Waals surface area contributed by atoms with Gasteiger partial charge < -0.3 is 9.15 Å². The van der Waals surface area contributed by atoms with Gasteiger partial charge in [0.2, 0.25) is 11.7 Å². The number of carbonyl (C=O) groups is 1. The zero-order chi connectivity index (χ0) is 24.8. The van der Waals surface area contributed by atoms with Crippen molar-refractivity contribution in [3.05, 3.63) is 94.9 Å². The lowest BCUT2D eigenvalue weighted by atomic mass is 10.2. The van der Waals surface area contributed by atoms with E-state index in [0.29, 0.717) is 33.6 Å². The number of benzene rings is 3. The van der Waals surface area contributed by atoms with Gasteiger partial charge in [-0.25, -0.2) is 4.98 Å². The van der Waals surface area contributed by atoms with Crippen molar-refractivity contribution in [3.63, 3.8) is 0 Å². The highest BCUT2D eigenvalue weighted by atomic mass is 16.5. The molecule has 0 fully saturated rings. The molecule has 8 heteroatoms. The number of ether oxygens (including phenoxy) is 1. The average molecular weight is 476 g/mol. The monoisotopic (exact) mass is 476 g/mol. The molecular formula is C28H20N4O4. The van der Waals surface area contributed by atoms with E-state index < -0.39 is 0 Å². The molecule has 0 aliphatic heterocycles. The summed E-state index contributed by atoms with van der Waals surface area (Å²) >= 11 is 0. The minimum atomic E-state index is -0.338. The van der Waals surface area contributed by atoms with Gasteiger partial charge in [-0.15, -0.1) is 0 Å². The lowest BCUT2D eigenvalue weighted by molar-refractivity contribution is 0.0941. The van der Waals surface area contributed by atoms with Crippen molar-refractivity contribution in [3.8, 4) is 17.3 Å². The highest BCUT2D eigenvalue weighted by molar-refractivity contribution is 6.03. The standard InChI is InChI=1S/C28H20N4O4/c1-17(33)31-16-18(19-8-4-6-11-23(19)31)15-29-32-27(30-22-10-5-3-9-20(22)28(32)34)26-14-21-24(35-2)12-7-13-25(21)36-26/h3-16H,1-2H3. The van der Waals surface area contributed by atoms with E-state index in [1.54, 1.807) is 48.4 Å². The van der Waals surface area contributed by atoms with Crippen molar-refractivity contribution < 1.29 is 13.9 Å². The second-order valence-electron chi connectivity index (χ2n) is 8.29. The van der Waals surface area contributed by atoms with Crippen LogP contribution < -0.4 is 10.3 Å². The molecule has 0 saturated carbocycles. The summed E-state index contributed by atoms with van der Waals surface area (Å²) in [6, 6.07) is 21.9. The summed E-state index contributed by atoms with van der Waals surface area (Å²) in [6.45, 7) is 1.50. The Morgan fingerprint density at radius 1 is 1.00 bits per heavy atom. The third kappa shape index (κ3) is 3.39. The highest BCUT2D eigenvalue weighted by Gasteiger charge is 2.18. The summed E-state index contributed by atoms with van der Waals surface area (Å²) in [6.07, 6.45) is 3.27. The van der Waals surface area contributed by atoms with Gasteiger partial charge in [0, 0.05) is 24.1 Å². The van der Waals surface area contributed by atoms with Crippen LogP contribution in [0.25, 0.3) is 44.4 Å². The van der Waals surface area contributed by atoms with Crippen LogP contribution in [0.3, 0.4) is 0 Å². The predicted octanol–water partition coefficient (Wildman–Crippen LogP) is 5.32. The summed E-state index contributed by atoms with van der Waals surface area (Å²) < 4.78 is 14.3. The Kier molecular flexibility index (Phi) is 5.00. The molecule has 0 N–H and O–H groups in total. The molecule has 0 amide bonds. The molecule has 0 bridgehead atoms. The fourth-order valence-corrected chi connectivity index (χ4v) is 4.40. The number of fused-ring (bicyclic) bond motifs is 3. The number of carbonyl (C=O) groups excluding carboxylic acids is 1. The Morgan fingerprint density at radius 3 is 2.58 bits per heavy atom. The molecule has 0 unspecified atom stereocenters. The maximum atomic E-state index is 13.5. The maximum Gasteiger partial charge on any atom is 0.282 e. The Balaban J connectivity index is 1.59. The molecule has 0 radical (unpaired) electrons. The van der Waals surface area contributed by atoms with Crippen molar-refractivity contribution >= 4 is 44.9 Å². The first-order valence-electron chi connectivity index (χ1n) is 11.3. The number of furan rings is 1. The molecule has 36 heavy (non-hydrogen) atoms. The predicted molar refractivity (Wildman–Crippen MR) is 139 cm³/mol. The topological polar surface area (TPSA) is 91.6 Å². The van der Waals surface area contributed by atoms with Gasteiger partial charge in [0.05, 0.1) is 35.1 Å². The van der Waals surface area contributed by atoms with Crippen LogP contribution in [-0.4, -0.2) is 33.5 Å². The van der Waals surface area contributed by atoms with Crippen LogP contribution in [0.1, 0.15) is 17.3 Å². The second kappa shape index (κ2) is 8.35. The minimum Gasteiger partial charge on any atom is -0.496 e. The smallest absolute Gasteiger partial charge is 0.282 e. The highest BCUT2D eigenvalue weighted by Crippen LogP contribution is 2.33. The lowest BCUT2D eigenvalue weighted by Gasteiger charge is -2.07. The lowest BCUT2D eigenvalue weighted by Crippen LogP contribution is -2.20. The molecule has 0 aliphatic rings. The first-order valence-corrected chi connectivity index (χ1v) is 11.3. The molecule has 3 aromatic heterocycles. The SMILES string of the molecule is COc1cccc2oc(-c3nc4ccccc4c(=O)n3N=Cc3cn(C(C)=O)c4ccccc34)cc12. The number of aromatic nitrogens is 3. The van der Waals surface area contributed by atoms with Crippen molar-refractivity contribution in [2.45, 2.75) is 6.92 Å². The number of rotatable bonds is 4. The van der Waals surface area contributed by atoms with Crippen molar-refractivity contribution in [2.75, 3.05) is 7.11 Å². The van der Waals surface area contributed by atoms with Crippen LogP contribution in [0.5, 0.6) is 5.75 Å². The summed E-state index contributed by atoms with van der Waals surface area (Å²) in [5, 5.41) is 6.57. The fourth-order valence-electron chi connectivity index (χ4n) is 4.40. The third-order valence-electron chi connectivity index (χ3n) is 6.11. The average Bonchev–Trinajstić information content (AvgIpc) is 3.50. The first-order chi connectivity index (χ1) is 17.5. The van der Waals surface area contributed by atoms with Crippen LogP contribution in [0, 0.1) is 0 Å². The summed E-state index contributed by atoms with van der Waals surface area (Å²) in [4.78, 5) is 30.4. The van der Waals surface area contributed by atoms with Gasteiger partial charge in [-0.3, -0.25) is 14.2 Å². The van der Waals surface area contributed by atoms with E-state index in [1.165, 1.54) is 11.6 Å². The number of hydrogen-bond donors (Lipinski definition) is 0. The third-order valence-corrected chi connectivity index (χ3v) is 6.11. The van der Waals surface area contributed by atoms with Crippen LogP contribution in [0.2, 0.25) is 0 Å². The molecular weight excluding hydrogens is 456 g/mol. The normalized spacial score (nSPS) is 11.7. The van der Waals surface area contributed by atoms with Crippen molar-refractivity contribution in [1.29, 1.82) is 0 Å². The largest absolute Gasteiger partial charge is 0.496 e. The van der Waals surface area contributed by atoms with Crippen LogP contribution in [0.4, 0.5) is 0 Å². The molecule has 6 rings (SSSR count). The van der Waals surface area contributed by atoms with Gasteiger partial charge in [0.15, 0.2) is 5.76 Å². The number of nitrogens with zero attached hydrogens (tertiary/aromatic N) is 4. The van der Waals surface area contributed by atoms with E-state index in [4.69, 9.17) is 14.1 Å². The van der Waals surface area contributed by atoms with Gasteiger partial charge >= 0.3 is 0 Å². The van der Waals surface area contributed by atoms with Gasteiger partial charge in [0.25, 0.3) is 5.56 Å². The maximum absolute atomic E-state index is 13.5. The molecule has 176 valence electrons. The first kappa shape index (κ1) is 21.5. The number of methoxy groups -OCH3 is 1. The molecule has 0 spiro atoms.